The van der Waals surface area contributed by atoms with Crippen LogP contribution in [0.5, 0.6) is 0 Å². The molecule has 1 aromatic rings. The van der Waals surface area contributed by atoms with E-state index in [1.807, 2.05) is 0 Å². The average Bonchev–Trinajstić information content (AvgIpc) is 2.36. The van der Waals surface area contributed by atoms with Crippen molar-refractivity contribution in [3.05, 3.63) is 35.4 Å². The molecule has 1 rings (SSSR count). The molecule has 0 bridgehead atoms. The zero-order valence-corrected chi connectivity index (χ0v) is 13.8. The molecule has 0 aliphatic rings. The molecule has 0 fully saturated rings. The first-order valence-corrected chi connectivity index (χ1v) is 7.77. The van der Waals surface area contributed by atoms with Crippen LogP contribution in [0.3, 0.4) is 0 Å². The summed E-state index contributed by atoms with van der Waals surface area (Å²) in [6.07, 6.45) is 2.11. The van der Waals surface area contributed by atoms with Gasteiger partial charge in [0.25, 0.3) is 0 Å². The van der Waals surface area contributed by atoms with Crippen LogP contribution in [0.1, 0.15) is 44.7 Å². The van der Waals surface area contributed by atoms with E-state index in [4.69, 9.17) is 11.6 Å². The number of carbonyl (C=O) groups is 1. The molecule has 20 heavy (non-hydrogen) atoms. The predicted octanol–water partition coefficient (Wildman–Crippen LogP) is 4.09. The molecule has 0 radical (unpaired) electrons. The van der Waals surface area contributed by atoms with E-state index in [9.17, 15) is 4.79 Å². The summed E-state index contributed by atoms with van der Waals surface area (Å²) in [7, 11) is 0. The van der Waals surface area contributed by atoms with Gasteiger partial charge >= 0.3 is 0 Å². The summed E-state index contributed by atoms with van der Waals surface area (Å²) in [5.74, 6) is 0.677. The first-order chi connectivity index (χ1) is 9.32. The van der Waals surface area contributed by atoms with Gasteiger partial charge in [-0.15, -0.1) is 11.6 Å². The highest BCUT2D eigenvalue weighted by atomic mass is 35.5. The molecule has 1 unspecified atom stereocenters. The van der Waals surface area contributed by atoms with E-state index in [0.29, 0.717) is 12.3 Å². The van der Waals surface area contributed by atoms with Gasteiger partial charge < -0.3 is 5.32 Å². The summed E-state index contributed by atoms with van der Waals surface area (Å²) in [5, 5.41) is 3.12. The number of aryl methyl sites for hydroxylation is 2. The number of rotatable bonds is 6. The Bertz CT molecular complexity index is 420. The number of alkyl halides is 1. The first kappa shape index (κ1) is 17.0. The minimum Gasteiger partial charge on any atom is -0.353 e. The van der Waals surface area contributed by atoms with E-state index >= 15 is 0 Å². The normalized spacial score (nSPS) is 13.1. The maximum Gasteiger partial charge on any atom is 0.220 e. The van der Waals surface area contributed by atoms with E-state index in [-0.39, 0.29) is 17.4 Å². The second-order valence-corrected chi connectivity index (χ2v) is 6.83. The third kappa shape index (κ3) is 5.96. The number of nitrogens with one attached hydrogen (secondary N) is 1. The van der Waals surface area contributed by atoms with E-state index in [1.54, 1.807) is 0 Å². The fraction of sp³-hybridized carbons (Fsp3) is 0.588. The topological polar surface area (TPSA) is 29.1 Å². The zero-order valence-electron chi connectivity index (χ0n) is 13.0. The summed E-state index contributed by atoms with van der Waals surface area (Å²) < 4.78 is 0. The van der Waals surface area contributed by atoms with Crippen molar-refractivity contribution < 1.29 is 4.79 Å². The molecule has 1 N–H and O–H groups in total. The van der Waals surface area contributed by atoms with Crippen molar-refractivity contribution in [1.82, 2.24) is 5.32 Å². The van der Waals surface area contributed by atoms with Crippen LogP contribution in [-0.4, -0.2) is 17.8 Å². The van der Waals surface area contributed by atoms with Crippen LogP contribution in [0.25, 0.3) is 0 Å². The number of hydrogen-bond acceptors (Lipinski definition) is 1. The van der Waals surface area contributed by atoms with Gasteiger partial charge in [-0.1, -0.05) is 50.6 Å². The van der Waals surface area contributed by atoms with Crippen LogP contribution >= 0.6 is 11.6 Å². The smallest absolute Gasteiger partial charge is 0.220 e. The summed E-state index contributed by atoms with van der Waals surface area (Å²) in [6.45, 7) is 8.45. The summed E-state index contributed by atoms with van der Waals surface area (Å²) >= 11 is 5.82. The number of amides is 1. The predicted molar refractivity (Wildman–Crippen MR) is 86.2 cm³/mol. The maximum absolute atomic E-state index is 12.1. The Hall–Kier alpha value is -1.02. The molecule has 1 atom stereocenters. The van der Waals surface area contributed by atoms with Crippen molar-refractivity contribution in [3.8, 4) is 0 Å². The van der Waals surface area contributed by atoms with Crippen LogP contribution in [0.4, 0.5) is 0 Å². The number of halogens is 1. The second-order valence-electron chi connectivity index (χ2n) is 6.45. The lowest BCUT2D eigenvalue weighted by atomic mass is 9.85. The molecule has 0 spiro atoms. The Morgan fingerprint density at radius 3 is 2.35 bits per heavy atom. The largest absolute Gasteiger partial charge is 0.353 e. The van der Waals surface area contributed by atoms with Crippen molar-refractivity contribution in [2.75, 3.05) is 5.88 Å². The minimum atomic E-state index is 0.0361. The summed E-state index contributed by atoms with van der Waals surface area (Å²) in [5.41, 5.74) is 2.48. The molecule has 112 valence electrons. The van der Waals surface area contributed by atoms with Gasteiger partial charge in [-0.05, 0) is 30.7 Å². The molecule has 0 aromatic heterocycles. The van der Waals surface area contributed by atoms with E-state index in [2.05, 4.69) is 57.3 Å². The second kappa shape index (κ2) is 7.68. The third-order valence-electron chi connectivity index (χ3n) is 3.54. The molecule has 1 aromatic carbocycles. The lowest BCUT2D eigenvalue weighted by Crippen LogP contribution is -2.44. The third-order valence-corrected chi connectivity index (χ3v) is 3.76. The molecule has 2 nitrogen and oxygen atoms in total. The highest BCUT2D eigenvalue weighted by Crippen LogP contribution is 2.22. The van der Waals surface area contributed by atoms with Crippen LogP contribution in [0, 0.1) is 12.3 Å². The Morgan fingerprint density at radius 2 is 1.85 bits per heavy atom. The summed E-state index contributed by atoms with van der Waals surface area (Å²) in [4.78, 5) is 12.1. The van der Waals surface area contributed by atoms with Crippen molar-refractivity contribution in [3.63, 3.8) is 0 Å². The Balaban J connectivity index is 2.47. The van der Waals surface area contributed by atoms with Gasteiger partial charge in [0.1, 0.15) is 0 Å². The molecule has 0 saturated carbocycles. The highest BCUT2D eigenvalue weighted by Gasteiger charge is 2.25. The Kier molecular flexibility index (Phi) is 6.54. The minimum absolute atomic E-state index is 0.0361. The molecular weight excluding hydrogens is 270 g/mol. The average molecular weight is 296 g/mol. The maximum atomic E-state index is 12.1. The highest BCUT2D eigenvalue weighted by molar-refractivity contribution is 6.17. The molecular formula is C17H26ClNO. The van der Waals surface area contributed by atoms with Crippen molar-refractivity contribution in [2.45, 2.75) is 53.0 Å². The molecule has 1 amide bonds. The fourth-order valence-corrected chi connectivity index (χ4v) is 2.33. The van der Waals surface area contributed by atoms with Gasteiger partial charge in [-0.2, -0.15) is 0 Å². The molecule has 0 aliphatic heterocycles. The standard InChI is InChI=1S/C17H26ClNO/c1-13-5-7-14(8-6-13)9-10-16(20)19-15(11-12-18)17(2,3)4/h5-8,15H,9-12H2,1-4H3,(H,19,20). The Labute approximate surface area is 127 Å². The van der Waals surface area contributed by atoms with Gasteiger partial charge in [-0.3, -0.25) is 4.79 Å². The van der Waals surface area contributed by atoms with Crippen LogP contribution in [0.15, 0.2) is 24.3 Å². The fourth-order valence-electron chi connectivity index (χ4n) is 2.11. The van der Waals surface area contributed by atoms with Crippen LogP contribution in [-0.2, 0) is 11.2 Å². The first-order valence-electron chi connectivity index (χ1n) is 7.24. The Morgan fingerprint density at radius 1 is 1.25 bits per heavy atom. The molecule has 3 heteroatoms. The monoisotopic (exact) mass is 295 g/mol. The van der Waals surface area contributed by atoms with Gasteiger partial charge in [0, 0.05) is 18.3 Å². The van der Waals surface area contributed by atoms with Gasteiger partial charge in [0.05, 0.1) is 0 Å². The molecule has 0 saturated heterocycles. The van der Waals surface area contributed by atoms with Gasteiger partial charge in [-0.25, -0.2) is 0 Å². The lowest BCUT2D eigenvalue weighted by Gasteiger charge is -2.31. The van der Waals surface area contributed by atoms with Crippen LogP contribution < -0.4 is 5.32 Å². The quantitative estimate of drug-likeness (QED) is 0.787. The SMILES string of the molecule is Cc1ccc(CCC(=O)NC(CCCl)C(C)(C)C)cc1. The van der Waals surface area contributed by atoms with E-state index < -0.39 is 0 Å². The van der Waals surface area contributed by atoms with Crippen molar-refractivity contribution >= 4 is 17.5 Å². The zero-order chi connectivity index (χ0) is 15.2. The van der Waals surface area contributed by atoms with Crippen LogP contribution in [0.2, 0.25) is 0 Å². The van der Waals surface area contributed by atoms with E-state index in [1.165, 1.54) is 11.1 Å². The van der Waals surface area contributed by atoms with Crippen molar-refractivity contribution in [1.29, 1.82) is 0 Å². The van der Waals surface area contributed by atoms with E-state index in [0.717, 1.165) is 12.8 Å². The number of hydrogen-bond donors (Lipinski definition) is 1. The lowest BCUT2D eigenvalue weighted by molar-refractivity contribution is -0.122. The number of benzene rings is 1. The van der Waals surface area contributed by atoms with Gasteiger partial charge in [0.2, 0.25) is 5.91 Å². The summed E-state index contributed by atoms with van der Waals surface area (Å²) in [6, 6.07) is 8.47. The number of carbonyl (C=O) groups excluding carboxylic acids is 1. The molecule has 0 aliphatic carbocycles. The van der Waals surface area contributed by atoms with Gasteiger partial charge in [0.15, 0.2) is 0 Å². The van der Waals surface area contributed by atoms with Crippen molar-refractivity contribution in [2.24, 2.45) is 5.41 Å². The molecule has 0 heterocycles.